The standard InChI is InChI=1S/C17H26N2OS/c1-13(18-3)15-8-7-9-16(12-15)21-14(2)17(20)19-10-5-4-6-11-19/h7-9,12-14,18H,4-6,10-11H2,1-3H3. The molecule has 1 N–H and O–H groups in total. The van der Waals surface area contributed by atoms with E-state index in [9.17, 15) is 4.79 Å². The van der Waals surface area contributed by atoms with E-state index in [4.69, 9.17) is 0 Å². The second kappa shape index (κ2) is 7.85. The first-order valence-electron chi connectivity index (χ1n) is 7.84. The van der Waals surface area contributed by atoms with Crippen molar-refractivity contribution < 1.29 is 4.79 Å². The van der Waals surface area contributed by atoms with Gasteiger partial charge in [0.1, 0.15) is 0 Å². The van der Waals surface area contributed by atoms with Gasteiger partial charge in [0.2, 0.25) is 5.91 Å². The Kier molecular flexibility index (Phi) is 6.12. The molecule has 1 aromatic carbocycles. The molecule has 1 aliphatic heterocycles. The summed E-state index contributed by atoms with van der Waals surface area (Å²) in [6.45, 7) is 6.03. The molecule has 116 valence electrons. The van der Waals surface area contributed by atoms with Gasteiger partial charge in [0.25, 0.3) is 0 Å². The molecule has 0 saturated carbocycles. The molecule has 0 aromatic heterocycles. The lowest BCUT2D eigenvalue weighted by molar-refractivity contribution is -0.131. The first-order valence-corrected chi connectivity index (χ1v) is 8.72. The number of thioether (sulfide) groups is 1. The zero-order valence-electron chi connectivity index (χ0n) is 13.3. The minimum Gasteiger partial charge on any atom is -0.342 e. The first-order chi connectivity index (χ1) is 10.1. The lowest BCUT2D eigenvalue weighted by atomic mass is 10.1. The monoisotopic (exact) mass is 306 g/mol. The van der Waals surface area contributed by atoms with Crippen molar-refractivity contribution in [3.8, 4) is 0 Å². The predicted octanol–water partition coefficient (Wildman–Crippen LogP) is 3.46. The van der Waals surface area contributed by atoms with Crippen molar-refractivity contribution in [1.82, 2.24) is 10.2 Å². The molecule has 2 rings (SSSR count). The van der Waals surface area contributed by atoms with Gasteiger partial charge < -0.3 is 10.2 Å². The van der Waals surface area contributed by atoms with E-state index in [-0.39, 0.29) is 11.2 Å². The van der Waals surface area contributed by atoms with E-state index in [1.54, 1.807) is 11.8 Å². The molecule has 0 bridgehead atoms. The maximum Gasteiger partial charge on any atom is 0.235 e. The Labute approximate surface area is 132 Å². The SMILES string of the molecule is CNC(C)c1cccc(SC(C)C(=O)N2CCCCC2)c1. The summed E-state index contributed by atoms with van der Waals surface area (Å²) in [4.78, 5) is 15.7. The van der Waals surface area contributed by atoms with E-state index in [0.29, 0.717) is 6.04 Å². The van der Waals surface area contributed by atoms with Crippen LogP contribution in [0, 0.1) is 0 Å². The summed E-state index contributed by atoms with van der Waals surface area (Å²) in [5.41, 5.74) is 1.26. The molecule has 0 radical (unpaired) electrons. The average Bonchev–Trinajstić information content (AvgIpc) is 2.54. The van der Waals surface area contributed by atoms with Crippen LogP contribution in [-0.2, 0) is 4.79 Å². The number of carbonyl (C=O) groups is 1. The van der Waals surface area contributed by atoms with Gasteiger partial charge in [0, 0.05) is 24.0 Å². The van der Waals surface area contributed by atoms with Crippen molar-refractivity contribution in [3.63, 3.8) is 0 Å². The highest BCUT2D eigenvalue weighted by molar-refractivity contribution is 8.00. The molecule has 0 spiro atoms. The minimum atomic E-state index is -0.0109. The van der Waals surface area contributed by atoms with Gasteiger partial charge in [0.15, 0.2) is 0 Å². The number of hydrogen-bond acceptors (Lipinski definition) is 3. The number of rotatable bonds is 5. The van der Waals surface area contributed by atoms with Crippen molar-refractivity contribution >= 4 is 17.7 Å². The molecule has 2 atom stereocenters. The third-order valence-electron chi connectivity index (χ3n) is 4.12. The first kappa shape index (κ1) is 16.4. The number of hydrogen-bond donors (Lipinski definition) is 1. The quantitative estimate of drug-likeness (QED) is 0.846. The Balaban J connectivity index is 1.98. The van der Waals surface area contributed by atoms with E-state index < -0.39 is 0 Å². The van der Waals surface area contributed by atoms with E-state index in [0.717, 1.165) is 25.9 Å². The number of likely N-dealkylation sites (tertiary alicyclic amines) is 1. The summed E-state index contributed by atoms with van der Waals surface area (Å²) < 4.78 is 0. The van der Waals surface area contributed by atoms with Crippen molar-refractivity contribution in [3.05, 3.63) is 29.8 Å². The minimum absolute atomic E-state index is 0.0109. The van der Waals surface area contributed by atoms with Crippen LogP contribution in [0.3, 0.4) is 0 Å². The lowest BCUT2D eigenvalue weighted by Gasteiger charge is -2.29. The fourth-order valence-electron chi connectivity index (χ4n) is 2.65. The number of nitrogens with one attached hydrogen (secondary N) is 1. The van der Waals surface area contributed by atoms with E-state index in [2.05, 4.69) is 36.5 Å². The second-order valence-corrected chi connectivity index (χ2v) is 7.14. The Hall–Kier alpha value is -1.00. The molecule has 21 heavy (non-hydrogen) atoms. The van der Waals surface area contributed by atoms with E-state index in [1.165, 1.54) is 16.9 Å². The van der Waals surface area contributed by atoms with E-state index >= 15 is 0 Å². The Morgan fingerprint density at radius 2 is 1.95 bits per heavy atom. The molecule has 4 heteroatoms. The maximum absolute atomic E-state index is 12.5. The zero-order valence-corrected chi connectivity index (χ0v) is 14.1. The third-order valence-corrected chi connectivity index (χ3v) is 5.20. The van der Waals surface area contributed by atoms with Crippen LogP contribution >= 0.6 is 11.8 Å². The smallest absolute Gasteiger partial charge is 0.235 e. The summed E-state index contributed by atoms with van der Waals surface area (Å²) >= 11 is 1.67. The number of nitrogens with zero attached hydrogens (tertiary/aromatic N) is 1. The van der Waals surface area contributed by atoms with Crippen molar-refractivity contribution in [2.45, 2.75) is 49.3 Å². The van der Waals surface area contributed by atoms with Crippen LogP contribution in [0.4, 0.5) is 0 Å². The van der Waals surface area contributed by atoms with Gasteiger partial charge >= 0.3 is 0 Å². The maximum atomic E-state index is 12.5. The van der Waals surface area contributed by atoms with Gasteiger partial charge in [-0.15, -0.1) is 11.8 Å². The highest BCUT2D eigenvalue weighted by Gasteiger charge is 2.22. The Morgan fingerprint density at radius 3 is 2.62 bits per heavy atom. The second-order valence-electron chi connectivity index (χ2n) is 5.73. The molecule has 3 nitrogen and oxygen atoms in total. The van der Waals surface area contributed by atoms with Crippen LogP contribution in [0.2, 0.25) is 0 Å². The molecule has 1 heterocycles. The molecule has 1 aliphatic rings. The fourth-order valence-corrected chi connectivity index (χ4v) is 3.67. The van der Waals surface area contributed by atoms with Crippen molar-refractivity contribution in [1.29, 1.82) is 0 Å². The van der Waals surface area contributed by atoms with Gasteiger partial charge in [-0.2, -0.15) is 0 Å². The van der Waals surface area contributed by atoms with Gasteiger partial charge in [-0.1, -0.05) is 12.1 Å². The van der Waals surface area contributed by atoms with Crippen molar-refractivity contribution in [2.24, 2.45) is 0 Å². The molecule has 1 fully saturated rings. The summed E-state index contributed by atoms with van der Waals surface area (Å²) in [5.74, 6) is 0.284. The molecule has 1 aromatic rings. The summed E-state index contributed by atoms with van der Waals surface area (Å²) in [5, 5.41) is 3.24. The largest absolute Gasteiger partial charge is 0.342 e. The summed E-state index contributed by atoms with van der Waals surface area (Å²) in [7, 11) is 1.97. The number of benzene rings is 1. The van der Waals surface area contributed by atoms with Crippen LogP contribution in [-0.4, -0.2) is 36.2 Å². The van der Waals surface area contributed by atoms with Gasteiger partial charge in [-0.05, 0) is 57.9 Å². The average molecular weight is 306 g/mol. The summed E-state index contributed by atoms with van der Waals surface area (Å²) in [6.07, 6.45) is 3.56. The van der Waals surface area contributed by atoms with Crippen LogP contribution in [0.25, 0.3) is 0 Å². The van der Waals surface area contributed by atoms with Crippen LogP contribution < -0.4 is 5.32 Å². The highest BCUT2D eigenvalue weighted by atomic mass is 32.2. The van der Waals surface area contributed by atoms with Gasteiger partial charge in [-0.3, -0.25) is 4.79 Å². The number of piperidine rings is 1. The van der Waals surface area contributed by atoms with Gasteiger partial charge in [0.05, 0.1) is 5.25 Å². The van der Waals surface area contributed by atoms with Crippen LogP contribution in [0.5, 0.6) is 0 Å². The lowest BCUT2D eigenvalue weighted by Crippen LogP contribution is -2.40. The topological polar surface area (TPSA) is 32.3 Å². The molecule has 0 aliphatic carbocycles. The van der Waals surface area contributed by atoms with E-state index in [1.807, 2.05) is 18.9 Å². The summed E-state index contributed by atoms with van der Waals surface area (Å²) in [6, 6.07) is 8.81. The highest BCUT2D eigenvalue weighted by Crippen LogP contribution is 2.27. The zero-order chi connectivity index (χ0) is 15.2. The van der Waals surface area contributed by atoms with Crippen molar-refractivity contribution in [2.75, 3.05) is 20.1 Å². The molecular weight excluding hydrogens is 280 g/mol. The molecular formula is C17H26N2OS. The normalized spacial score (nSPS) is 18.3. The van der Waals surface area contributed by atoms with Gasteiger partial charge in [-0.25, -0.2) is 0 Å². The molecule has 1 amide bonds. The fraction of sp³-hybridized carbons (Fsp3) is 0.588. The Bertz CT molecular complexity index is 472. The number of carbonyl (C=O) groups excluding carboxylic acids is 1. The predicted molar refractivity (Wildman–Crippen MR) is 89.7 cm³/mol. The Morgan fingerprint density at radius 1 is 1.24 bits per heavy atom. The van der Waals surface area contributed by atoms with Crippen LogP contribution in [0.15, 0.2) is 29.2 Å². The third kappa shape index (κ3) is 4.48. The van der Waals surface area contributed by atoms with Crippen LogP contribution in [0.1, 0.15) is 44.7 Å². The molecule has 2 unspecified atom stereocenters. The molecule has 1 saturated heterocycles. The number of amides is 1.